The molecule has 0 radical (unpaired) electrons. The van der Waals surface area contributed by atoms with Gasteiger partial charge in [-0.05, 0) is 42.0 Å². The van der Waals surface area contributed by atoms with Crippen molar-refractivity contribution in [1.82, 2.24) is 0 Å². The molecule has 2 atom stereocenters. The van der Waals surface area contributed by atoms with Gasteiger partial charge in [0.2, 0.25) is 5.91 Å². The van der Waals surface area contributed by atoms with Crippen LogP contribution in [-0.4, -0.2) is 28.9 Å². The smallest absolute Gasteiger partial charge is 0.455 e. The highest BCUT2D eigenvalue weighted by molar-refractivity contribution is 6.43. The van der Waals surface area contributed by atoms with E-state index in [0.29, 0.717) is 30.9 Å². The third-order valence-corrected chi connectivity index (χ3v) is 6.21. The lowest BCUT2D eigenvalue weighted by Gasteiger charge is -2.20. The Morgan fingerprint density at radius 2 is 1.51 bits per heavy atom. The first-order valence-electron chi connectivity index (χ1n) is 12.8. The molecule has 0 aliphatic carbocycles. The van der Waals surface area contributed by atoms with Crippen LogP contribution in [-0.2, 0) is 22.6 Å². The topological polar surface area (TPSA) is 95.9 Å². The summed E-state index contributed by atoms with van der Waals surface area (Å²) in [6, 6.07) is 26.6. The first kappa shape index (κ1) is 28.2. The summed E-state index contributed by atoms with van der Waals surface area (Å²) in [6.45, 7) is 4.37. The summed E-state index contributed by atoms with van der Waals surface area (Å²) in [4.78, 5) is 26.3. The molecule has 0 saturated heterocycles. The largest absolute Gasteiger partial charge is 0.489 e. The fourth-order valence-corrected chi connectivity index (χ4v) is 4.37. The molecule has 6 nitrogen and oxygen atoms in total. The summed E-state index contributed by atoms with van der Waals surface area (Å²) in [5, 5.41) is 22.4. The van der Waals surface area contributed by atoms with Crippen LogP contribution in [0.1, 0.15) is 44.2 Å². The average molecular weight is 501 g/mol. The van der Waals surface area contributed by atoms with Gasteiger partial charge in [0, 0.05) is 36.3 Å². The molecule has 0 fully saturated rings. The van der Waals surface area contributed by atoms with Crippen LogP contribution >= 0.6 is 0 Å². The van der Waals surface area contributed by atoms with Crippen molar-refractivity contribution >= 4 is 24.5 Å². The number of benzene rings is 3. The molecule has 194 valence electrons. The molecule has 37 heavy (non-hydrogen) atoms. The van der Waals surface area contributed by atoms with Gasteiger partial charge in [-0.3, -0.25) is 9.59 Å². The lowest BCUT2D eigenvalue weighted by atomic mass is 9.66. The standard InChI is InChI=1S/C30H36BNO5/c1-22(2)16-26(31(35)36)19-28(33)18-25(17-23-10-5-3-6-11-23)30(34)32-27-14-9-15-29(20-27)37-21-24-12-7-4-8-13-24/h3-15,20,22,25-26,35-36H,16-19,21H2,1-2H3,(H,32,34)/t25-,26-/m1/s1. The van der Waals surface area contributed by atoms with Crippen LogP contribution in [0.5, 0.6) is 5.75 Å². The molecular weight excluding hydrogens is 465 g/mol. The normalized spacial score (nSPS) is 12.6. The molecule has 3 rings (SSSR count). The Bertz CT molecular complexity index is 1120. The highest BCUT2D eigenvalue weighted by Crippen LogP contribution is 2.26. The van der Waals surface area contributed by atoms with Crippen LogP contribution in [0.4, 0.5) is 5.69 Å². The molecular formula is C30H36BNO5. The fourth-order valence-electron chi connectivity index (χ4n) is 4.37. The Balaban J connectivity index is 1.68. The van der Waals surface area contributed by atoms with E-state index in [1.807, 2.05) is 86.6 Å². The van der Waals surface area contributed by atoms with E-state index in [1.54, 1.807) is 12.1 Å². The van der Waals surface area contributed by atoms with E-state index >= 15 is 0 Å². The number of ketones is 1. The Morgan fingerprint density at radius 3 is 2.14 bits per heavy atom. The van der Waals surface area contributed by atoms with E-state index in [0.717, 1.165) is 11.1 Å². The van der Waals surface area contributed by atoms with Crippen molar-refractivity contribution in [2.45, 2.75) is 52.0 Å². The summed E-state index contributed by atoms with van der Waals surface area (Å²) in [6.07, 6.45) is 0.970. The second-order valence-electron chi connectivity index (χ2n) is 9.93. The predicted molar refractivity (Wildman–Crippen MR) is 147 cm³/mol. The maximum absolute atomic E-state index is 13.3. The van der Waals surface area contributed by atoms with Gasteiger partial charge in [0.05, 0.1) is 0 Å². The van der Waals surface area contributed by atoms with Crippen molar-refractivity contribution in [2.24, 2.45) is 11.8 Å². The van der Waals surface area contributed by atoms with Crippen molar-refractivity contribution in [2.75, 3.05) is 5.32 Å². The number of hydrogen-bond donors (Lipinski definition) is 3. The van der Waals surface area contributed by atoms with Gasteiger partial charge < -0.3 is 20.1 Å². The van der Waals surface area contributed by atoms with E-state index in [1.165, 1.54) is 0 Å². The summed E-state index contributed by atoms with van der Waals surface area (Å²) in [5.41, 5.74) is 2.59. The Kier molecular flexibility index (Phi) is 10.9. The lowest BCUT2D eigenvalue weighted by Crippen LogP contribution is -2.29. The van der Waals surface area contributed by atoms with Gasteiger partial charge in [-0.15, -0.1) is 0 Å². The Morgan fingerprint density at radius 1 is 0.865 bits per heavy atom. The van der Waals surface area contributed by atoms with Crippen molar-refractivity contribution < 1.29 is 24.4 Å². The second-order valence-corrected chi connectivity index (χ2v) is 9.93. The van der Waals surface area contributed by atoms with E-state index in [-0.39, 0.29) is 30.4 Å². The number of hydrogen-bond acceptors (Lipinski definition) is 5. The minimum Gasteiger partial charge on any atom is -0.489 e. The minimum atomic E-state index is -1.56. The van der Waals surface area contributed by atoms with Crippen LogP contribution in [0.25, 0.3) is 0 Å². The quantitative estimate of drug-likeness (QED) is 0.261. The molecule has 0 bridgehead atoms. The van der Waals surface area contributed by atoms with Crippen LogP contribution < -0.4 is 10.1 Å². The number of carbonyl (C=O) groups excluding carboxylic acids is 2. The molecule has 3 aromatic rings. The van der Waals surface area contributed by atoms with Gasteiger partial charge >= 0.3 is 7.12 Å². The Labute approximate surface area is 219 Å². The lowest BCUT2D eigenvalue weighted by molar-refractivity contribution is -0.126. The van der Waals surface area contributed by atoms with Crippen molar-refractivity contribution in [3.05, 3.63) is 96.1 Å². The number of Topliss-reactive ketones (excluding diaryl/α,β-unsaturated/α-hetero) is 1. The third-order valence-electron chi connectivity index (χ3n) is 6.21. The highest BCUT2D eigenvalue weighted by atomic mass is 16.5. The van der Waals surface area contributed by atoms with Gasteiger partial charge in [-0.25, -0.2) is 0 Å². The molecule has 3 N–H and O–H groups in total. The molecule has 7 heteroatoms. The molecule has 0 saturated carbocycles. The molecule has 0 unspecified atom stereocenters. The number of anilines is 1. The molecule has 3 aromatic carbocycles. The van der Waals surface area contributed by atoms with Crippen molar-refractivity contribution in [3.63, 3.8) is 0 Å². The van der Waals surface area contributed by atoms with Gasteiger partial charge in [0.15, 0.2) is 0 Å². The summed E-state index contributed by atoms with van der Waals surface area (Å²) in [7, 11) is -1.56. The molecule has 0 aromatic heterocycles. The Hall–Kier alpha value is -3.42. The van der Waals surface area contributed by atoms with Gasteiger partial charge in [0.1, 0.15) is 18.1 Å². The highest BCUT2D eigenvalue weighted by Gasteiger charge is 2.29. The SMILES string of the molecule is CC(C)C[C@H](CC(=O)C[C@@H](Cc1ccccc1)C(=O)Nc1cccc(OCc2ccccc2)c1)B(O)O. The average Bonchev–Trinajstić information content (AvgIpc) is 2.88. The van der Waals surface area contributed by atoms with Gasteiger partial charge in [-0.1, -0.05) is 80.6 Å². The fraction of sp³-hybridized carbons (Fsp3) is 0.333. The van der Waals surface area contributed by atoms with Crippen LogP contribution in [0.2, 0.25) is 5.82 Å². The molecule has 0 aliphatic heterocycles. The monoisotopic (exact) mass is 501 g/mol. The van der Waals surface area contributed by atoms with Gasteiger partial charge in [0.25, 0.3) is 0 Å². The number of nitrogens with one attached hydrogen (secondary N) is 1. The summed E-state index contributed by atoms with van der Waals surface area (Å²) >= 11 is 0. The minimum absolute atomic E-state index is 0.0201. The van der Waals surface area contributed by atoms with E-state index in [9.17, 15) is 19.6 Å². The number of carbonyl (C=O) groups is 2. The summed E-state index contributed by atoms with van der Waals surface area (Å²) in [5.74, 6) is -0.715. The maximum atomic E-state index is 13.3. The third kappa shape index (κ3) is 9.87. The number of amides is 1. The van der Waals surface area contributed by atoms with E-state index in [2.05, 4.69) is 5.32 Å². The molecule has 0 spiro atoms. The van der Waals surface area contributed by atoms with E-state index < -0.39 is 18.9 Å². The zero-order valence-corrected chi connectivity index (χ0v) is 21.5. The first-order valence-corrected chi connectivity index (χ1v) is 12.8. The van der Waals surface area contributed by atoms with Crippen molar-refractivity contribution in [1.29, 1.82) is 0 Å². The first-order chi connectivity index (χ1) is 17.8. The van der Waals surface area contributed by atoms with Crippen LogP contribution in [0.3, 0.4) is 0 Å². The summed E-state index contributed by atoms with van der Waals surface area (Å²) < 4.78 is 5.88. The maximum Gasteiger partial charge on any atom is 0.455 e. The van der Waals surface area contributed by atoms with E-state index in [4.69, 9.17) is 4.74 Å². The zero-order valence-electron chi connectivity index (χ0n) is 21.5. The molecule has 0 heterocycles. The number of rotatable bonds is 14. The predicted octanol–water partition coefficient (Wildman–Crippen LogP) is 5.30. The van der Waals surface area contributed by atoms with Crippen LogP contribution in [0, 0.1) is 11.8 Å². The van der Waals surface area contributed by atoms with Crippen LogP contribution in [0.15, 0.2) is 84.9 Å². The number of ether oxygens (including phenoxy) is 1. The molecule has 0 aliphatic rings. The molecule has 1 amide bonds. The second kappa shape index (κ2) is 14.4. The zero-order chi connectivity index (χ0) is 26.6. The van der Waals surface area contributed by atoms with Crippen molar-refractivity contribution in [3.8, 4) is 5.75 Å². The van der Waals surface area contributed by atoms with Gasteiger partial charge in [-0.2, -0.15) is 0 Å².